The predicted molar refractivity (Wildman–Crippen MR) is 74.7 cm³/mol. The van der Waals surface area contributed by atoms with Crippen molar-refractivity contribution in [3.63, 3.8) is 0 Å². The summed E-state index contributed by atoms with van der Waals surface area (Å²) in [5.41, 5.74) is -0.471. The molecule has 7 nitrogen and oxygen atoms in total. The Kier molecular flexibility index (Phi) is 4.88. The SMILES string of the molecule is CNc1nc(OC(C)C)nc(N(C)C(C)(C)CO)n1. The van der Waals surface area contributed by atoms with E-state index in [0.29, 0.717) is 11.9 Å². The molecule has 0 spiro atoms. The summed E-state index contributed by atoms with van der Waals surface area (Å²) in [6, 6.07) is 0.268. The van der Waals surface area contributed by atoms with E-state index in [0.717, 1.165) is 0 Å². The van der Waals surface area contributed by atoms with Crippen molar-refractivity contribution in [3.05, 3.63) is 0 Å². The van der Waals surface area contributed by atoms with Crippen LogP contribution in [0, 0.1) is 0 Å². The maximum Gasteiger partial charge on any atom is 0.323 e. The van der Waals surface area contributed by atoms with Crippen molar-refractivity contribution < 1.29 is 9.84 Å². The van der Waals surface area contributed by atoms with Gasteiger partial charge >= 0.3 is 6.01 Å². The lowest BCUT2D eigenvalue weighted by Crippen LogP contribution is -2.45. The second kappa shape index (κ2) is 6.01. The lowest BCUT2D eigenvalue weighted by atomic mass is 10.1. The van der Waals surface area contributed by atoms with Crippen molar-refractivity contribution in [2.45, 2.75) is 39.3 Å². The van der Waals surface area contributed by atoms with Crippen molar-refractivity contribution in [2.24, 2.45) is 0 Å². The Hall–Kier alpha value is -1.63. The second-order valence-corrected chi connectivity index (χ2v) is 5.19. The normalized spacial score (nSPS) is 11.6. The highest BCUT2D eigenvalue weighted by Crippen LogP contribution is 2.21. The summed E-state index contributed by atoms with van der Waals surface area (Å²) in [5, 5.41) is 12.3. The molecule has 0 saturated heterocycles. The van der Waals surface area contributed by atoms with Gasteiger partial charge in [0.15, 0.2) is 0 Å². The molecule has 7 heteroatoms. The third-order valence-electron chi connectivity index (χ3n) is 2.76. The van der Waals surface area contributed by atoms with Crippen LogP contribution in [-0.2, 0) is 0 Å². The molecule has 1 aromatic heterocycles. The molecule has 0 unspecified atom stereocenters. The van der Waals surface area contributed by atoms with Gasteiger partial charge in [0.2, 0.25) is 11.9 Å². The molecule has 0 atom stereocenters. The highest BCUT2D eigenvalue weighted by molar-refractivity contribution is 5.39. The second-order valence-electron chi connectivity index (χ2n) is 5.19. The molecule has 19 heavy (non-hydrogen) atoms. The highest BCUT2D eigenvalue weighted by atomic mass is 16.5. The lowest BCUT2D eigenvalue weighted by Gasteiger charge is -2.33. The van der Waals surface area contributed by atoms with Crippen LogP contribution in [0.4, 0.5) is 11.9 Å². The van der Waals surface area contributed by atoms with Crippen LogP contribution in [0.2, 0.25) is 0 Å². The molecule has 0 radical (unpaired) electrons. The summed E-state index contributed by atoms with van der Waals surface area (Å²) in [7, 11) is 3.56. The number of anilines is 2. The topological polar surface area (TPSA) is 83.4 Å². The predicted octanol–water partition coefficient (Wildman–Crippen LogP) is 0.908. The van der Waals surface area contributed by atoms with E-state index in [1.54, 1.807) is 11.9 Å². The fourth-order valence-electron chi connectivity index (χ4n) is 1.25. The minimum Gasteiger partial charge on any atom is -0.461 e. The first kappa shape index (κ1) is 15.4. The van der Waals surface area contributed by atoms with E-state index in [1.807, 2.05) is 34.7 Å². The molecule has 0 aromatic carbocycles. The zero-order valence-corrected chi connectivity index (χ0v) is 12.4. The average molecular weight is 269 g/mol. The van der Waals surface area contributed by atoms with Gasteiger partial charge in [0.1, 0.15) is 0 Å². The fourth-order valence-corrected chi connectivity index (χ4v) is 1.25. The summed E-state index contributed by atoms with van der Waals surface area (Å²) in [5.74, 6) is 0.885. The Morgan fingerprint density at radius 1 is 1.32 bits per heavy atom. The number of aliphatic hydroxyl groups is 1. The molecule has 1 aromatic rings. The summed E-state index contributed by atoms with van der Waals surface area (Å²) >= 11 is 0. The summed E-state index contributed by atoms with van der Waals surface area (Å²) in [4.78, 5) is 14.5. The zero-order valence-electron chi connectivity index (χ0n) is 12.4. The van der Waals surface area contributed by atoms with Crippen molar-refractivity contribution in [2.75, 3.05) is 30.9 Å². The molecule has 0 fully saturated rings. The Labute approximate surface area is 114 Å². The molecule has 2 N–H and O–H groups in total. The van der Waals surface area contributed by atoms with Gasteiger partial charge in [0, 0.05) is 14.1 Å². The third-order valence-corrected chi connectivity index (χ3v) is 2.76. The van der Waals surface area contributed by atoms with Crippen LogP contribution in [0.3, 0.4) is 0 Å². The summed E-state index contributed by atoms with van der Waals surface area (Å²) in [6.07, 6.45) is -0.0175. The van der Waals surface area contributed by atoms with Crippen LogP contribution >= 0.6 is 0 Å². The Balaban J connectivity index is 3.12. The number of likely N-dealkylation sites (N-methyl/N-ethyl adjacent to an activating group) is 1. The molecule has 0 aliphatic heterocycles. The summed E-state index contributed by atoms with van der Waals surface area (Å²) in [6.45, 7) is 7.61. The number of nitrogens with zero attached hydrogens (tertiary/aromatic N) is 4. The van der Waals surface area contributed by atoms with Crippen molar-refractivity contribution in [1.29, 1.82) is 0 Å². The first-order valence-corrected chi connectivity index (χ1v) is 6.25. The molecule has 0 amide bonds. The third kappa shape index (κ3) is 3.92. The van der Waals surface area contributed by atoms with Crippen LogP contribution in [-0.4, -0.2) is 52.4 Å². The van der Waals surface area contributed by atoms with E-state index in [-0.39, 0.29) is 18.7 Å². The van der Waals surface area contributed by atoms with Crippen LogP contribution in [0.25, 0.3) is 0 Å². The van der Waals surface area contributed by atoms with E-state index in [2.05, 4.69) is 20.3 Å². The fraction of sp³-hybridized carbons (Fsp3) is 0.750. The maximum absolute atomic E-state index is 9.41. The largest absolute Gasteiger partial charge is 0.461 e. The van der Waals surface area contributed by atoms with Gasteiger partial charge in [0.05, 0.1) is 18.2 Å². The van der Waals surface area contributed by atoms with E-state index in [9.17, 15) is 5.11 Å². The van der Waals surface area contributed by atoms with Gasteiger partial charge in [-0.2, -0.15) is 15.0 Å². The summed E-state index contributed by atoms with van der Waals surface area (Å²) < 4.78 is 5.50. The van der Waals surface area contributed by atoms with Crippen molar-refractivity contribution in [3.8, 4) is 6.01 Å². The van der Waals surface area contributed by atoms with Gasteiger partial charge in [-0.1, -0.05) is 0 Å². The number of rotatable bonds is 6. The molecule has 1 rings (SSSR count). The molecule has 0 aliphatic carbocycles. The molecule has 108 valence electrons. The number of hydrogen-bond acceptors (Lipinski definition) is 7. The van der Waals surface area contributed by atoms with E-state index in [1.165, 1.54) is 0 Å². The quantitative estimate of drug-likeness (QED) is 0.794. The van der Waals surface area contributed by atoms with E-state index < -0.39 is 5.54 Å². The smallest absolute Gasteiger partial charge is 0.323 e. The van der Waals surface area contributed by atoms with Gasteiger partial charge in [-0.3, -0.25) is 0 Å². The number of nitrogens with one attached hydrogen (secondary N) is 1. The number of aromatic nitrogens is 3. The average Bonchev–Trinajstić information content (AvgIpc) is 2.36. The minimum absolute atomic E-state index is 0.00948. The molecule has 1 heterocycles. The highest BCUT2D eigenvalue weighted by Gasteiger charge is 2.26. The van der Waals surface area contributed by atoms with Gasteiger partial charge in [0.25, 0.3) is 0 Å². The molecule has 0 aliphatic rings. The van der Waals surface area contributed by atoms with Crippen LogP contribution in [0.5, 0.6) is 6.01 Å². The van der Waals surface area contributed by atoms with Crippen LogP contribution in [0.1, 0.15) is 27.7 Å². The Bertz CT molecular complexity index is 423. The molecular formula is C12H23N5O2. The Morgan fingerprint density at radius 2 is 1.95 bits per heavy atom. The number of ether oxygens (including phenoxy) is 1. The minimum atomic E-state index is -0.471. The monoisotopic (exact) mass is 269 g/mol. The van der Waals surface area contributed by atoms with E-state index in [4.69, 9.17) is 4.74 Å². The van der Waals surface area contributed by atoms with Gasteiger partial charge in [-0.25, -0.2) is 0 Å². The zero-order chi connectivity index (χ0) is 14.6. The maximum atomic E-state index is 9.41. The standard InChI is InChI=1S/C12H23N5O2/c1-8(2)19-11-15-9(13-5)14-10(16-11)17(6)12(3,4)7-18/h8,18H,7H2,1-6H3,(H,13,14,15,16). The van der Waals surface area contributed by atoms with Gasteiger partial charge in [-0.15, -0.1) is 0 Å². The Morgan fingerprint density at radius 3 is 2.42 bits per heavy atom. The first-order valence-electron chi connectivity index (χ1n) is 6.25. The number of aliphatic hydroxyl groups excluding tert-OH is 1. The van der Waals surface area contributed by atoms with Crippen LogP contribution < -0.4 is 15.0 Å². The number of hydrogen-bond donors (Lipinski definition) is 2. The molecular weight excluding hydrogens is 246 g/mol. The first-order chi connectivity index (χ1) is 8.80. The van der Waals surface area contributed by atoms with Crippen LogP contribution in [0.15, 0.2) is 0 Å². The van der Waals surface area contributed by atoms with Gasteiger partial charge < -0.3 is 20.1 Å². The van der Waals surface area contributed by atoms with E-state index >= 15 is 0 Å². The molecule has 0 bridgehead atoms. The molecule has 0 saturated carbocycles. The van der Waals surface area contributed by atoms with Crippen molar-refractivity contribution in [1.82, 2.24) is 15.0 Å². The van der Waals surface area contributed by atoms with Gasteiger partial charge in [-0.05, 0) is 27.7 Å². The van der Waals surface area contributed by atoms with Crippen molar-refractivity contribution >= 4 is 11.9 Å². The lowest BCUT2D eigenvalue weighted by molar-refractivity contribution is 0.211.